The number of hydrogen-bond donors (Lipinski definition) is 0. The Morgan fingerprint density at radius 2 is 1.31 bits per heavy atom. The van der Waals surface area contributed by atoms with Crippen LogP contribution in [0.15, 0.2) is 12.2 Å². The van der Waals surface area contributed by atoms with Crippen molar-refractivity contribution in [3.05, 3.63) is 12.2 Å². The third-order valence-electron chi connectivity index (χ3n) is 20.4. The fraction of sp³-hybridized carbons (Fsp3) is 0.945. The molecular weight excluding hydrogens is 925 g/mol. The van der Waals surface area contributed by atoms with Gasteiger partial charge in [0.2, 0.25) is 0 Å². The second-order valence-electron chi connectivity index (χ2n) is 27.4. The lowest BCUT2D eigenvalue weighted by atomic mass is 9.68. The van der Waals surface area contributed by atoms with Gasteiger partial charge in [-0.05, 0) is 105 Å². The molecule has 398 valence electrons. The van der Waals surface area contributed by atoms with Gasteiger partial charge in [-0.15, -0.1) is 0 Å². The molecule has 11 aliphatic heterocycles. The summed E-state index contributed by atoms with van der Waals surface area (Å²) in [5, 5.41) is 0.111. The minimum absolute atomic E-state index is 0.0163. The smallest absolute Gasteiger partial charge is 0.308 e. The molecule has 0 radical (unpaired) electrons. The van der Waals surface area contributed by atoms with E-state index >= 15 is 0 Å². The van der Waals surface area contributed by atoms with Crippen LogP contribution in [0.3, 0.4) is 0 Å². The zero-order valence-electron chi connectivity index (χ0n) is 45.5. The number of rotatable bonds is 6. The van der Waals surface area contributed by atoms with Crippen molar-refractivity contribution in [2.75, 3.05) is 6.61 Å². The lowest BCUT2D eigenvalue weighted by molar-refractivity contribution is -0.294. The van der Waals surface area contributed by atoms with Crippen LogP contribution >= 0.6 is 0 Å². The van der Waals surface area contributed by atoms with Crippen molar-refractivity contribution in [1.29, 1.82) is 0 Å². The summed E-state index contributed by atoms with van der Waals surface area (Å²) in [6.45, 7) is 37.4. The van der Waals surface area contributed by atoms with Crippen LogP contribution in [0.5, 0.6) is 0 Å². The molecule has 0 aromatic heterocycles. The van der Waals surface area contributed by atoms with E-state index in [2.05, 4.69) is 102 Å². The van der Waals surface area contributed by atoms with Crippen LogP contribution in [0.25, 0.3) is 0 Å². The van der Waals surface area contributed by atoms with E-state index < -0.39 is 40.7 Å². The third-order valence-corrected chi connectivity index (χ3v) is 29.4. The molecule has 13 nitrogen and oxygen atoms in total. The molecular formula is C55H92O13Si2. The highest BCUT2D eigenvalue weighted by atomic mass is 28.4. The largest absolute Gasteiger partial charge is 0.459 e. The summed E-state index contributed by atoms with van der Waals surface area (Å²) in [5.41, 5.74) is 1.01. The van der Waals surface area contributed by atoms with Crippen molar-refractivity contribution in [3.8, 4) is 0 Å². The molecule has 12 bridgehead atoms. The average Bonchev–Trinajstić information content (AvgIpc) is 3.85. The Balaban J connectivity index is 0.936. The van der Waals surface area contributed by atoms with E-state index in [0.717, 1.165) is 50.5 Å². The van der Waals surface area contributed by atoms with Gasteiger partial charge in [0.25, 0.3) is 0 Å². The molecule has 1 spiro atoms. The second-order valence-corrected chi connectivity index (χ2v) is 37.0. The molecule has 11 saturated heterocycles. The van der Waals surface area contributed by atoms with Crippen LogP contribution in [0.1, 0.15) is 153 Å². The minimum Gasteiger partial charge on any atom is -0.459 e. The quantitative estimate of drug-likeness (QED) is 0.142. The average molecular weight is 1020 g/mol. The molecule has 11 rings (SSSR count). The van der Waals surface area contributed by atoms with Gasteiger partial charge in [-0.2, -0.15) is 0 Å². The minimum atomic E-state index is -2.22. The van der Waals surface area contributed by atoms with Crippen LogP contribution in [0.4, 0.5) is 0 Å². The SMILES string of the molecule is C=C1CC2CC[C@@]34CC5OC6C(O3)[C@H]3OC(CCC3O[C@H]6C5O4)CC(=O)OC3C(CC4OC(CCC1O2)CC(C)C4(C)C)OC1CC(O[Si](C)(C)C(C)(C)C)C(CCO[Si](C)(C)C(C)(C)C)OC1[C@@H]3C. The van der Waals surface area contributed by atoms with Gasteiger partial charge in [-0.1, -0.05) is 75.8 Å². The predicted molar refractivity (Wildman–Crippen MR) is 269 cm³/mol. The maximum atomic E-state index is 14.6. The Morgan fingerprint density at radius 3 is 2.06 bits per heavy atom. The zero-order chi connectivity index (χ0) is 50.1. The first-order valence-corrected chi connectivity index (χ1v) is 33.7. The van der Waals surface area contributed by atoms with E-state index in [1.807, 2.05) is 0 Å². The van der Waals surface area contributed by atoms with Crippen molar-refractivity contribution in [3.63, 3.8) is 0 Å². The highest BCUT2D eigenvalue weighted by Gasteiger charge is 2.69. The Hall–Kier alpha value is -0.796. The zero-order valence-corrected chi connectivity index (χ0v) is 47.5. The van der Waals surface area contributed by atoms with Crippen LogP contribution in [-0.4, -0.2) is 145 Å². The number of fused-ring (bicyclic) bond motifs is 7. The fourth-order valence-corrected chi connectivity index (χ4v) is 15.9. The van der Waals surface area contributed by atoms with Crippen molar-refractivity contribution in [2.45, 2.75) is 305 Å². The molecule has 0 N–H and O–H groups in total. The first kappa shape index (κ1) is 52.6. The number of ether oxygens (including phenoxy) is 10. The van der Waals surface area contributed by atoms with Gasteiger partial charge in [-0.25, -0.2) is 0 Å². The van der Waals surface area contributed by atoms with Gasteiger partial charge in [0.05, 0.1) is 79.7 Å². The van der Waals surface area contributed by atoms with Crippen molar-refractivity contribution >= 4 is 22.6 Å². The Bertz CT molecular complexity index is 1920. The topological polar surface area (TPSA) is 128 Å². The molecule has 11 fully saturated rings. The van der Waals surface area contributed by atoms with Crippen molar-refractivity contribution < 1.29 is 61.0 Å². The Kier molecular flexibility index (Phi) is 14.3. The van der Waals surface area contributed by atoms with Gasteiger partial charge in [0.15, 0.2) is 22.4 Å². The van der Waals surface area contributed by atoms with Crippen molar-refractivity contribution in [1.82, 2.24) is 0 Å². The van der Waals surface area contributed by atoms with Crippen LogP contribution in [0.2, 0.25) is 36.3 Å². The highest BCUT2D eigenvalue weighted by molar-refractivity contribution is 6.74. The van der Waals surface area contributed by atoms with Crippen LogP contribution < -0.4 is 0 Å². The number of hydrogen-bond acceptors (Lipinski definition) is 13. The Labute approximate surface area is 422 Å². The normalized spacial score (nSPS) is 47.5. The summed E-state index contributed by atoms with van der Waals surface area (Å²) in [7, 11) is -4.23. The predicted octanol–water partition coefficient (Wildman–Crippen LogP) is 10.1. The lowest BCUT2D eigenvalue weighted by Crippen LogP contribution is -2.63. The molecule has 0 saturated carbocycles. The molecule has 0 amide bonds. The molecule has 70 heavy (non-hydrogen) atoms. The molecule has 0 aromatic carbocycles. The van der Waals surface area contributed by atoms with Gasteiger partial charge in [0.1, 0.15) is 36.6 Å². The third kappa shape index (κ3) is 9.93. The van der Waals surface area contributed by atoms with Gasteiger partial charge in [0, 0.05) is 38.2 Å². The molecule has 11 aliphatic rings. The van der Waals surface area contributed by atoms with Gasteiger partial charge in [-0.3, -0.25) is 4.79 Å². The van der Waals surface area contributed by atoms with Crippen LogP contribution in [-0.2, 0) is 61.0 Å². The summed E-state index contributed by atoms with van der Waals surface area (Å²) >= 11 is 0. The van der Waals surface area contributed by atoms with E-state index in [9.17, 15) is 4.79 Å². The standard InChI is InChI=1S/C55H92O13Si2/c1-30-24-35-20-22-55-29-42-48(66-55)49-50(64-42)51(67-55)47-38(63-49)19-17-34(60-47)26-44(56)65-46-32(3)45-40(61-41(46)28-43-54(10,11)31(2)25-33(59-43)16-18-36(30)58-35)27-39(68-70(14,15)53(7,8)9)37(62-45)21-23-57-69(12,13)52(4,5)6/h31-43,45-51H,1,16-29H2,2-15H3/t31?,32-,33?,34?,35?,36?,37?,38?,39?,40?,41?,42?,43?,45?,46?,47-,48?,49-,50?,51?,55-/m0/s1. The summed E-state index contributed by atoms with van der Waals surface area (Å²) < 4.78 is 84.0. The molecule has 0 aromatic rings. The maximum absolute atomic E-state index is 14.6. The molecule has 21 atom stereocenters. The molecule has 11 heterocycles. The fourth-order valence-electron chi connectivity index (χ4n) is 13.5. The number of carbonyl (C=O) groups is 1. The summed E-state index contributed by atoms with van der Waals surface area (Å²) in [6.07, 6.45) is 5.32. The first-order valence-electron chi connectivity index (χ1n) is 27.8. The van der Waals surface area contributed by atoms with Gasteiger partial charge < -0.3 is 56.2 Å². The first-order chi connectivity index (χ1) is 32.7. The van der Waals surface area contributed by atoms with Crippen molar-refractivity contribution in [2.24, 2.45) is 17.3 Å². The number of esters is 1. The summed E-state index contributed by atoms with van der Waals surface area (Å²) in [6, 6.07) is 0. The molecule has 0 aliphatic carbocycles. The van der Waals surface area contributed by atoms with E-state index in [1.54, 1.807) is 0 Å². The van der Waals surface area contributed by atoms with E-state index in [4.69, 9.17) is 56.2 Å². The second kappa shape index (κ2) is 19.0. The Morgan fingerprint density at radius 1 is 0.643 bits per heavy atom. The monoisotopic (exact) mass is 1020 g/mol. The van der Waals surface area contributed by atoms with Gasteiger partial charge >= 0.3 is 5.97 Å². The summed E-state index contributed by atoms with van der Waals surface area (Å²) in [5.74, 6) is -0.857. The maximum Gasteiger partial charge on any atom is 0.308 e. The molecule has 15 heteroatoms. The lowest BCUT2D eigenvalue weighted by Gasteiger charge is -2.54. The summed E-state index contributed by atoms with van der Waals surface area (Å²) in [4.78, 5) is 14.6. The number of carbonyl (C=O) groups excluding carboxylic acids is 1. The van der Waals surface area contributed by atoms with E-state index in [-0.39, 0.29) is 125 Å². The van der Waals surface area contributed by atoms with E-state index in [1.165, 1.54) is 0 Å². The molecule has 17 unspecified atom stereocenters. The van der Waals surface area contributed by atoms with Crippen LogP contribution in [0, 0.1) is 17.3 Å². The van der Waals surface area contributed by atoms with E-state index in [0.29, 0.717) is 44.6 Å². The highest BCUT2D eigenvalue weighted by Crippen LogP contribution is 2.55.